The fourth-order valence-corrected chi connectivity index (χ4v) is 4.82. The number of hydrogen-bond acceptors (Lipinski definition) is 3. The molecule has 2 rings (SSSR count). The molecular formula is C13H19BrCl2N2O2S. The van der Waals surface area contributed by atoms with Gasteiger partial charge in [0.05, 0.1) is 5.02 Å². The van der Waals surface area contributed by atoms with E-state index in [9.17, 15) is 8.42 Å². The predicted molar refractivity (Wildman–Crippen MR) is 91.9 cm³/mol. The van der Waals surface area contributed by atoms with Crippen LogP contribution in [0.3, 0.4) is 0 Å². The van der Waals surface area contributed by atoms with E-state index in [4.69, 9.17) is 11.6 Å². The normalized spacial score (nSPS) is 17.8. The van der Waals surface area contributed by atoms with Gasteiger partial charge in [0.1, 0.15) is 4.90 Å². The molecule has 0 unspecified atom stereocenters. The van der Waals surface area contributed by atoms with E-state index in [-0.39, 0.29) is 28.4 Å². The zero-order chi connectivity index (χ0) is 14.9. The Morgan fingerprint density at radius 2 is 1.90 bits per heavy atom. The van der Waals surface area contributed by atoms with Crippen LogP contribution in [0.25, 0.3) is 0 Å². The number of nitrogens with zero attached hydrogens (tertiary/aromatic N) is 2. The summed E-state index contributed by atoms with van der Waals surface area (Å²) >= 11 is 9.36. The van der Waals surface area contributed by atoms with Gasteiger partial charge in [0.25, 0.3) is 0 Å². The van der Waals surface area contributed by atoms with Crippen molar-refractivity contribution in [3.05, 3.63) is 27.7 Å². The second-order valence-electron chi connectivity index (χ2n) is 5.13. The van der Waals surface area contributed by atoms with Gasteiger partial charge in [-0.3, -0.25) is 0 Å². The molecule has 8 heteroatoms. The summed E-state index contributed by atoms with van der Waals surface area (Å²) in [6.45, 7) is 1.83. The Hall–Kier alpha value is 0.150. The van der Waals surface area contributed by atoms with Crippen LogP contribution in [0.5, 0.6) is 0 Å². The van der Waals surface area contributed by atoms with Gasteiger partial charge < -0.3 is 4.90 Å². The highest BCUT2D eigenvalue weighted by Crippen LogP contribution is 2.29. The van der Waals surface area contributed by atoms with E-state index in [1.807, 2.05) is 0 Å². The molecule has 21 heavy (non-hydrogen) atoms. The number of likely N-dealkylation sites (tertiary alicyclic amines) is 1. The largest absolute Gasteiger partial charge is 0.306 e. The van der Waals surface area contributed by atoms with Gasteiger partial charge >= 0.3 is 0 Å². The summed E-state index contributed by atoms with van der Waals surface area (Å²) in [6.07, 6.45) is 1.70. The summed E-state index contributed by atoms with van der Waals surface area (Å²) in [5.41, 5.74) is 0. The molecule has 0 spiro atoms. The second-order valence-corrected chi connectivity index (χ2v) is 8.42. The monoisotopic (exact) mass is 416 g/mol. The minimum atomic E-state index is -3.54. The van der Waals surface area contributed by atoms with Crippen LogP contribution in [0.1, 0.15) is 12.8 Å². The lowest BCUT2D eigenvalue weighted by Gasteiger charge is -2.34. The minimum absolute atomic E-state index is 0. The lowest BCUT2D eigenvalue weighted by Crippen LogP contribution is -2.44. The SMILES string of the molecule is CN1CCC(N(C)S(=O)(=O)c2ccc(Br)cc2Cl)CC1.Cl. The van der Waals surface area contributed by atoms with Crippen LogP contribution in [0.4, 0.5) is 0 Å². The van der Waals surface area contributed by atoms with Gasteiger partial charge in [-0.2, -0.15) is 4.31 Å². The zero-order valence-electron chi connectivity index (χ0n) is 11.9. The molecule has 1 fully saturated rings. The molecule has 1 aliphatic heterocycles. The highest BCUT2D eigenvalue weighted by atomic mass is 79.9. The molecule has 0 saturated carbocycles. The zero-order valence-corrected chi connectivity index (χ0v) is 15.9. The maximum absolute atomic E-state index is 12.7. The van der Waals surface area contributed by atoms with E-state index in [1.54, 1.807) is 25.2 Å². The summed E-state index contributed by atoms with van der Waals surface area (Å²) in [5.74, 6) is 0. The van der Waals surface area contributed by atoms with Crippen LogP contribution in [-0.4, -0.2) is 50.8 Å². The maximum Gasteiger partial charge on any atom is 0.244 e. The third-order valence-corrected chi connectivity index (χ3v) is 6.64. The third kappa shape index (κ3) is 4.33. The van der Waals surface area contributed by atoms with Crippen LogP contribution in [0, 0.1) is 0 Å². The Bertz CT molecular complexity index is 590. The molecule has 120 valence electrons. The van der Waals surface area contributed by atoms with Gasteiger partial charge in [-0.25, -0.2) is 8.42 Å². The molecule has 1 aliphatic rings. The fraction of sp³-hybridized carbons (Fsp3) is 0.538. The molecule has 1 aromatic carbocycles. The first-order valence-corrected chi connectivity index (χ1v) is 9.05. The maximum atomic E-state index is 12.7. The summed E-state index contributed by atoms with van der Waals surface area (Å²) in [6, 6.07) is 4.89. The molecule has 1 heterocycles. The molecule has 0 radical (unpaired) electrons. The summed E-state index contributed by atoms with van der Waals surface area (Å²) < 4.78 is 27.5. The number of rotatable bonds is 3. The Kier molecular flexibility index (Phi) is 6.96. The fourth-order valence-electron chi connectivity index (χ4n) is 2.39. The van der Waals surface area contributed by atoms with E-state index in [1.165, 1.54) is 4.31 Å². The van der Waals surface area contributed by atoms with Crippen molar-refractivity contribution in [2.45, 2.75) is 23.8 Å². The molecule has 0 atom stereocenters. The van der Waals surface area contributed by atoms with Gasteiger partial charge in [0, 0.05) is 17.6 Å². The van der Waals surface area contributed by atoms with Crippen LogP contribution >= 0.6 is 39.9 Å². The number of sulfonamides is 1. The van der Waals surface area contributed by atoms with Crippen molar-refractivity contribution in [2.75, 3.05) is 27.2 Å². The van der Waals surface area contributed by atoms with E-state index in [2.05, 4.69) is 27.9 Å². The summed E-state index contributed by atoms with van der Waals surface area (Å²) in [4.78, 5) is 2.38. The van der Waals surface area contributed by atoms with Crippen molar-refractivity contribution in [2.24, 2.45) is 0 Å². The first-order chi connectivity index (χ1) is 9.32. The lowest BCUT2D eigenvalue weighted by atomic mass is 10.1. The summed E-state index contributed by atoms with van der Waals surface area (Å²) in [7, 11) is 0.153. The predicted octanol–water partition coefficient (Wildman–Crippen LogP) is 3.24. The number of hydrogen-bond donors (Lipinski definition) is 0. The second kappa shape index (κ2) is 7.62. The highest BCUT2D eigenvalue weighted by molar-refractivity contribution is 9.10. The van der Waals surface area contributed by atoms with E-state index < -0.39 is 10.0 Å². The first-order valence-electron chi connectivity index (χ1n) is 6.44. The van der Waals surface area contributed by atoms with Gasteiger partial charge in [0.2, 0.25) is 10.0 Å². The van der Waals surface area contributed by atoms with Crippen LogP contribution in [0.2, 0.25) is 5.02 Å². The standard InChI is InChI=1S/C13H18BrClN2O2S.ClH/c1-16-7-5-11(6-8-16)17(2)20(18,19)13-4-3-10(14)9-12(13)15;/h3-4,9,11H,5-8H2,1-2H3;1H. The quantitative estimate of drug-likeness (QED) is 0.757. The average Bonchev–Trinajstić information content (AvgIpc) is 2.38. The third-order valence-electron chi connectivity index (χ3n) is 3.75. The molecule has 1 saturated heterocycles. The highest BCUT2D eigenvalue weighted by Gasteiger charge is 2.31. The number of benzene rings is 1. The Balaban J connectivity index is 0.00000220. The van der Waals surface area contributed by atoms with Gasteiger partial charge in [-0.1, -0.05) is 27.5 Å². The van der Waals surface area contributed by atoms with Crippen LogP contribution in [-0.2, 0) is 10.0 Å². The van der Waals surface area contributed by atoms with Crippen molar-refractivity contribution in [3.63, 3.8) is 0 Å². The topological polar surface area (TPSA) is 40.6 Å². The van der Waals surface area contributed by atoms with Crippen molar-refractivity contribution < 1.29 is 8.42 Å². The van der Waals surface area contributed by atoms with E-state index >= 15 is 0 Å². The van der Waals surface area contributed by atoms with Crippen molar-refractivity contribution in [1.82, 2.24) is 9.21 Å². The van der Waals surface area contributed by atoms with E-state index in [0.29, 0.717) is 0 Å². The molecule has 0 amide bonds. The van der Waals surface area contributed by atoms with E-state index in [0.717, 1.165) is 30.4 Å². The molecule has 0 aliphatic carbocycles. The average molecular weight is 418 g/mol. The molecular weight excluding hydrogens is 399 g/mol. The Morgan fingerprint density at radius 1 is 1.33 bits per heavy atom. The van der Waals surface area contributed by atoms with Crippen LogP contribution < -0.4 is 0 Å². The molecule has 0 N–H and O–H groups in total. The van der Waals surface area contributed by atoms with Gasteiger partial charge in [-0.05, 0) is 51.2 Å². The van der Waals surface area contributed by atoms with Crippen molar-refractivity contribution in [3.8, 4) is 0 Å². The Morgan fingerprint density at radius 3 is 2.43 bits per heavy atom. The lowest BCUT2D eigenvalue weighted by molar-refractivity contribution is 0.197. The number of halogens is 3. The molecule has 0 aromatic heterocycles. The molecule has 4 nitrogen and oxygen atoms in total. The van der Waals surface area contributed by atoms with Gasteiger partial charge in [-0.15, -0.1) is 12.4 Å². The molecule has 0 bridgehead atoms. The summed E-state index contributed by atoms with van der Waals surface area (Å²) in [5, 5.41) is 0.249. The van der Waals surface area contributed by atoms with Crippen molar-refractivity contribution >= 4 is 50.0 Å². The first kappa shape index (κ1) is 19.2. The van der Waals surface area contributed by atoms with Gasteiger partial charge in [0.15, 0.2) is 0 Å². The Labute approximate surface area is 146 Å². The van der Waals surface area contributed by atoms with Crippen molar-refractivity contribution in [1.29, 1.82) is 0 Å². The smallest absolute Gasteiger partial charge is 0.244 e. The molecule has 1 aromatic rings. The minimum Gasteiger partial charge on any atom is -0.306 e. The van der Waals surface area contributed by atoms with Crippen LogP contribution in [0.15, 0.2) is 27.6 Å². The number of piperidine rings is 1.